The van der Waals surface area contributed by atoms with Crippen LogP contribution in [-0.2, 0) is 0 Å². The van der Waals surface area contributed by atoms with Crippen LogP contribution in [0.3, 0.4) is 0 Å². The number of quaternary nitrogens is 1. The maximum absolute atomic E-state index is 6.17. The van der Waals surface area contributed by atoms with Crippen LogP contribution >= 0.6 is 35.2 Å². The molecule has 6 heteroatoms. The van der Waals surface area contributed by atoms with Crippen molar-refractivity contribution in [1.29, 1.82) is 0 Å². The van der Waals surface area contributed by atoms with E-state index < -0.39 is 0 Å². The van der Waals surface area contributed by atoms with E-state index in [-0.39, 0.29) is 0 Å². The van der Waals surface area contributed by atoms with Crippen molar-refractivity contribution in [2.24, 2.45) is 0 Å². The standard InChI is InChI=1S/C18H22ClN3S2/c1-13-14(19)6-4-7-15(13)21-18(23)20-12-16(17-8-5-11-24-17)22-9-2-3-10-22/h4-8,11,16H,2-3,9-10,12H2,1H3,(H2,20,21,23)/p+1/t16-/m1/s1. The van der Waals surface area contributed by atoms with E-state index in [1.54, 1.807) is 4.90 Å². The van der Waals surface area contributed by atoms with Gasteiger partial charge in [0.25, 0.3) is 0 Å². The molecule has 0 unspecified atom stereocenters. The van der Waals surface area contributed by atoms with E-state index >= 15 is 0 Å². The first-order valence-corrected chi connectivity index (χ1v) is 9.99. The number of thiocarbonyl (C=S) groups is 1. The lowest BCUT2D eigenvalue weighted by molar-refractivity contribution is -0.918. The maximum atomic E-state index is 6.17. The van der Waals surface area contributed by atoms with Crippen molar-refractivity contribution >= 4 is 46.0 Å². The summed E-state index contributed by atoms with van der Waals surface area (Å²) in [5.74, 6) is 0. The van der Waals surface area contributed by atoms with E-state index in [4.69, 9.17) is 23.8 Å². The molecule has 1 aromatic heterocycles. The fraction of sp³-hybridized carbons (Fsp3) is 0.389. The molecule has 24 heavy (non-hydrogen) atoms. The van der Waals surface area contributed by atoms with Crippen molar-refractivity contribution in [3.05, 3.63) is 51.2 Å². The molecule has 0 saturated carbocycles. The van der Waals surface area contributed by atoms with Gasteiger partial charge in [-0.25, -0.2) is 0 Å². The van der Waals surface area contributed by atoms with Gasteiger partial charge in [0.15, 0.2) is 5.11 Å². The van der Waals surface area contributed by atoms with Crippen molar-refractivity contribution in [3.63, 3.8) is 0 Å². The Bertz CT molecular complexity index is 682. The Labute approximate surface area is 158 Å². The first-order chi connectivity index (χ1) is 11.6. The second-order valence-corrected chi connectivity index (χ2v) is 7.98. The summed E-state index contributed by atoms with van der Waals surface area (Å²) in [4.78, 5) is 3.09. The molecule has 3 rings (SSSR count). The Kier molecular flexibility index (Phi) is 6.11. The fourth-order valence-corrected chi connectivity index (χ4v) is 4.47. The molecule has 128 valence electrons. The predicted octanol–water partition coefficient (Wildman–Crippen LogP) is 3.42. The third-order valence-electron chi connectivity index (χ3n) is 4.61. The number of nitrogens with one attached hydrogen (secondary N) is 3. The minimum Gasteiger partial charge on any atom is -0.356 e. The molecule has 0 aliphatic carbocycles. The first kappa shape index (κ1) is 17.7. The molecule has 0 spiro atoms. The molecule has 3 N–H and O–H groups in total. The first-order valence-electron chi connectivity index (χ1n) is 8.33. The average molecular weight is 381 g/mol. The number of benzene rings is 1. The number of hydrogen-bond donors (Lipinski definition) is 3. The highest BCUT2D eigenvalue weighted by Gasteiger charge is 2.28. The molecule has 1 atom stereocenters. The molecule has 0 amide bonds. The number of halogens is 1. The Hall–Kier alpha value is -1.14. The van der Waals surface area contributed by atoms with E-state index in [1.165, 1.54) is 30.8 Å². The van der Waals surface area contributed by atoms with Crippen LogP contribution in [0, 0.1) is 6.92 Å². The van der Waals surface area contributed by atoms with Gasteiger partial charge in [-0.1, -0.05) is 23.7 Å². The van der Waals surface area contributed by atoms with Gasteiger partial charge >= 0.3 is 0 Å². The number of anilines is 1. The summed E-state index contributed by atoms with van der Waals surface area (Å²) in [6.45, 7) is 5.34. The van der Waals surface area contributed by atoms with E-state index in [2.05, 4.69) is 28.1 Å². The molecule has 1 fully saturated rings. The van der Waals surface area contributed by atoms with E-state index in [1.807, 2.05) is 36.5 Å². The Morgan fingerprint density at radius 3 is 2.79 bits per heavy atom. The highest BCUT2D eigenvalue weighted by atomic mass is 35.5. The number of thiophene rings is 1. The topological polar surface area (TPSA) is 28.5 Å². The minimum atomic E-state index is 0.465. The van der Waals surface area contributed by atoms with E-state index in [9.17, 15) is 0 Å². The maximum Gasteiger partial charge on any atom is 0.171 e. The quantitative estimate of drug-likeness (QED) is 0.694. The SMILES string of the molecule is Cc1c(Cl)cccc1NC(=S)NC[C@H](c1cccs1)[NH+]1CCCC1. The molecule has 1 saturated heterocycles. The van der Waals surface area contributed by atoms with Gasteiger partial charge < -0.3 is 15.5 Å². The summed E-state index contributed by atoms with van der Waals surface area (Å²) in [5.41, 5.74) is 1.98. The average Bonchev–Trinajstić information content (AvgIpc) is 3.26. The summed E-state index contributed by atoms with van der Waals surface area (Å²) in [6.07, 6.45) is 2.64. The van der Waals surface area contributed by atoms with E-state index in [0.717, 1.165) is 22.8 Å². The summed E-state index contributed by atoms with van der Waals surface area (Å²) in [6, 6.07) is 10.7. The molecule has 0 radical (unpaired) electrons. The van der Waals surface area contributed by atoms with Crippen molar-refractivity contribution in [3.8, 4) is 0 Å². The van der Waals surface area contributed by atoms with Crippen molar-refractivity contribution in [1.82, 2.24) is 5.32 Å². The summed E-state index contributed by atoms with van der Waals surface area (Å²) in [5, 5.41) is 10.2. The second-order valence-electron chi connectivity index (χ2n) is 6.18. The van der Waals surface area contributed by atoms with Gasteiger partial charge in [-0.3, -0.25) is 0 Å². The molecular weight excluding hydrogens is 358 g/mol. The molecule has 1 aliphatic heterocycles. The Morgan fingerprint density at radius 1 is 1.29 bits per heavy atom. The lowest BCUT2D eigenvalue weighted by Gasteiger charge is -2.24. The lowest BCUT2D eigenvalue weighted by Crippen LogP contribution is -3.11. The van der Waals surface area contributed by atoms with Gasteiger partial charge in [-0.15, -0.1) is 11.3 Å². The van der Waals surface area contributed by atoms with Gasteiger partial charge in [0.2, 0.25) is 0 Å². The van der Waals surface area contributed by atoms with Crippen LogP contribution in [0.2, 0.25) is 5.02 Å². The van der Waals surface area contributed by atoms with Gasteiger partial charge in [0.05, 0.1) is 24.5 Å². The van der Waals surface area contributed by atoms with Gasteiger partial charge in [-0.2, -0.15) is 0 Å². The van der Waals surface area contributed by atoms with Crippen LogP contribution in [-0.4, -0.2) is 24.7 Å². The summed E-state index contributed by atoms with van der Waals surface area (Å²) in [7, 11) is 0. The zero-order chi connectivity index (χ0) is 16.9. The molecular formula is C18H23ClN3S2+. The Morgan fingerprint density at radius 2 is 2.08 bits per heavy atom. The monoisotopic (exact) mass is 380 g/mol. The smallest absolute Gasteiger partial charge is 0.171 e. The van der Waals surface area contributed by atoms with Crippen molar-refractivity contribution < 1.29 is 4.90 Å². The van der Waals surface area contributed by atoms with Crippen LogP contribution in [0.5, 0.6) is 0 Å². The lowest BCUT2D eigenvalue weighted by atomic mass is 10.2. The number of likely N-dealkylation sites (tertiary alicyclic amines) is 1. The second kappa shape index (κ2) is 8.30. The number of hydrogen-bond acceptors (Lipinski definition) is 2. The largest absolute Gasteiger partial charge is 0.356 e. The van der Waals surface area contributed by atoms with Crippen LogP contribution in [0.15, 0.2) is 35.7 Å². The van der Waals surface area contributed by atoms with Gasteiger partial charge in [-0.05, 0) is 48.3 Å². The minimum absolute atomic E-state index is 0.465. The van der Waals surface area contributed by atoms with Gasteiger partial charge in [0, 0.05) is 23.6 Å². The fourth-order valence-electron chi connectivity index (χ4n) is 3.22. The predicted molar refractivity (Wildman–Crippen MR) is 107 cm³/mol. The van der Waals surface area contributed by atoms with Crippen molar-refractivity contribution in [2.75, 3.05) is 25.0 Å². The highest BCUT2D eigenvalue weighted by Crippen LogP contribution is 2.23. The third kappa shape index (κ3) is 4.28. The summed E-state index contributed by atoms with van der Waals surface area (Å²) < 4.78 is 0. The molecule has 2 heterocycles. The van der Waals surface area contributed by atoms with Crippen LogP contribution in [0.25, 0.3) is 0 Å². The van der Waals surface area contributed by atoms with Crippen LogP contribution in [0.1, 0.15) is 29.3 Å². The molecule has 2 aromatic rings. The zero-order valence-electron chi connectivity index (χ0n) is 13.8. The van der Waals surface area contributed by atoms with Gasteiger partial charge in [0.1, 0.15) is 6.04 Å². The Balaban J connectivity index is 1.62. The molecule has 1 aromatic carbocycles. The highest BCUT2D eigenvalue weighted by molar-refractivity contribution is 7.80. The molecule has 0 bridgehead atoms. The van der Waals surface area contributed by atoms with Crippen LogP contribution in [0.4, 0.5) is 5.69 Å². The molecule has 1 aliphatic rings. The zero-order valence-corrected chi connectivity index (χ0v) is 16.2. The summed E-state index contributed by atoms with van der Waals surface area (Å²) >= 11 is 13.5. The molecule has 3 nitrogen and oxygen atoms in total. The normalized spacial score (nSPS) is 16.1. The third-order valence-corrected chi connectivity index (χ3v) is 6.25. The number of rotatable bonds is 5. The van der Waals surface area contributed by atoms with Crippen LogP contribution < -0.4 is 15.5 Å². The van der Waals surface area contributed by atoms with E-state index in [0.29, 0.717) is 11.2 Å². The van der Waals surface area contributed by atoms with Crippen molar-refractivity contribution in [2.45, 2.75) is 25.8 Å².